The van der Waals surface area contributed by atoms with E-state index in [0.717, 1.165) is 26.1 Å². The van der Waals surface area contributed by atoms with Gasteiger partial charge in [-0.05, 0) is 12.0 Å². The zero-order chi connectivity index (χ0) is 12.8. The molecule has 1 aromatic carbocycles. The highest BCUT2D eigenvalue weighted by Crippen LogP contribution is 2.12. The normalized spacial score (nSPS) is 19.8. The number of rotatable bonds is 4. The van der Waals surface area contributed by atoms with Gasteiger partial charge in [-0.3, -0.25) is 4.79 Å². The van der Waals surface area contributed by atoms with Crippen molar-refractivity contribution < 1.29 is 4.79 Å². The van der Waals surface area contributed by atoms with Crippen LogP contribution in [0.5, 0.6) is 0 Å². The quantitative estimate of drug-likeness (QED) is 0.841. The van der Waals surface area contributed by atoms with Crippen LogP contribution in [0.2, 0.25) is 0 Å². The topological polar surface area (TPSA) is 32.3 Å². The summed E-state index contributed by atoms with van der Waals surface area (Å²) in [5, 5.41) is 3.36. The summed E-state index contributed by atoms with van der Waals surface area (Å²) in [5.41, 5.74) is 1.27. The number of amides is 1. The Labute approximate surface area is 113 Å². The molecule has 1 aliphatic heterocycles. The first-order valence-corrected chi connectivity index (χ1v) is 6.95. The van der Waals surface area contributed by atoms with Crippen LogP contribution in [0.15, 0.2) is 30.3 Å². The number of nitrogens with zero attached hydrogens (tertiary/aromatic N) is 1. The minimum atomic E-state index is 0.174. The fraction of sp³-hybridized carbons (Fsp3) is 0.500. The maximum atomic E-state index is 12.0. The lowest BCUT2D eigenvalue weighted by Crippen LogP contribution is -2.54. The van der Waals surface area contributed by atoms with Crippen LogP contribution in [0.3, 0.4) is 0 Å². The van der Waals surface area contributed by atoms with Gasteiger partial charge in [-0.15, -0.1) is 11.6 Å². The van der Waals surface area contributed by atoms with Crippen molar-refractivity contribution in [3.05, 3.63) is 35.9 Å². The molecule has 1 atom stereocenters. The van der Waals surface area contributed by atoms with Gasteiger partial charge in [0.25, 0.3) is 0 Å². The fourth-order valence-electron chi connectivity index (χ4n) is 2.38. The summed E-state index contributed by atoms with van der Waals surface area (Å²) in [6.45, 7) is 2.52. The number of carbonyl (C=O) groups is 1. The van der Waals surface area contributed by atoms with Gasteiger partial charge in [0.1, 0.15) is 0 Å². The predicted octanol–water partition coefficient (Wildman–Crippen LogP) is 1.66. The van der Waals surface area contributed by atoms with Crippen LogP contribution in [0.25, 0.3) is 0 Å². The SMILES string of the molecule is O=C(CCCl)N1CCNCC1Cc1ccccc1. The lowest BCUT2D eigenvalue weighted by molar-refractivity contribution is -0.133. The highest BCUT2D eigenvalue weighted by Gasteiger charge is 2.25. The monoisotopic (exact) mass is 266 g/mol. The van der Waals surface area contributed by atoms with Crippen molar-refractivity contribution in [2.24, 2.45) is 0 Å². The Morgan fingerprint density at radius 3 is 2.89 bits per heavy atom. The van der Waals surface area contributed by atoms with Gasteiger partial charge >= 0.3 is 0 Å². The van der Waals surface area contributed by atoms with Crippen molar-refractivity contribution in [3.63, 3.8) is 0 Å². The van der Waals surface area contributed by atoms with Gasteiger partial charge in [0, 0.05) is 38.0 Å². The van der Waals surface area contributed by atoms with Gasteiger partial charge in [0.05, 0.1) is 0 Å². The van der Waals surface area contributed by atoms with Crippen LogP contribution in [-0.2, 0) is 11.2 Å². The summed E-state index contributed by atoms with van der Waals surface area (Å²) < 4.78 is 0. The Hall–Kier alpha value is -1.06. The number of benzene rings is 1. The maximum Gasteiger partial charge on any atom is 0.224 e. The van der Waals surface area contributed by atoms with Crippen LogP contribution in [0.4, 0.5) is 0 Å². The molecule has 1 fully saturated rings. The van der Waals surface area contributed by atoms with E-state index in [1.807, 2.05) is 23.1 Å². The molecular formula is C14H19ClN2O. The van der Waals surface area contributed by atoms with Crippen molar-refractivity contribution in [1.82, 2.24) is 10.2 Å². The van der Waals surface area contributed by atoms with Gasteiger partial charge in [-0.2, -0.15) is 0 Å². The van der Waals surface area contributed by atoms with E-state index in [0.29, 0.717) is 12.3 Å². The number of halogens is 1. The highest BCUT2D eigenvalue weighted by molar-refractivity contribution is 6.18. The van der Waals surface area contributed by atoms with Crippen LogP contribution in [-0.4, -0.2) is 42.4 Å². The Kier molecular flexibility index (Phi) is 5.02. The van der Waals surface area contributed by atoms with Gasteiger partial charge in [-0.1, -0.05) is 30.3 Å². The average Bonchev–Trinajstić information content (AvgIpc) is 2.41. The standard InChI is InChI=1S/C14H19ClN2O/c15-7-6-14(18)17-9-8-16-11-13(17)10-12-4-2-1-3-5-12/h1-5,13,16H,6-11H2. The van der Waals surface area contributed by atoms with E-state index in [-0.39, 0.29) is 11.9 Å². The number of nitrogens with one attached hydrogen (secondary N) is 1. The van der Waals surface area contributed by atoms with E-state index in [1.54, 1.807) is 0 Å². The molecule has 0 spiro atoms. The summed E-state index contributed by atoms with van der Waals surface area (Å²) >= 11 is 5.66. The fourth-order valence-corrected chi connectivity index (χ4v) is 2.54. The van der Waals surface area contributed by atoms with E-state index in [9.17, 15) is 4.79 Å². The summed E-state index contributed by atoms with van der Waals surface area (Å²) in [4.78, 5) is 14.0. The zero-order valence-corrected chi connectivity index (χ0v) is 11.2. The van der Waals surface area contributed by atoms with E-state index in [2.05, 4.69) is 17.4 Å². The van der Waals surface area contributed by atoms with Crippen LogP contribution in [0, 0.1) is 0 Å². The first-order chi connectivity index (χ1) is 8.81. The summed E-state index contributed by atoms with van der Waals surface area (Å²) in [5.74, 6) is 0.577. The Balaban J connectivity index is 2.01. The molecule has 1 heterocycles. The van der Waals surface area contributed by atoms with Gasteiger partial charge in [-0.25, -0.2) is 0 Å². The molecule has 2 rings (SSSR count). The number of carbonyl (C=O) groups excluding carboxylic acids is 1. The lowest BCUT2D eigenvalue weighted by Gasteiger charge is -2.36. The minimum absolute atomic E-state index is 0.174. The summed E-state index contributed by atoms with van der Waals surface area (Å²) in [7, 11) is 0. The third-order valence-corrected chi connectivity index (χ3v) is 3.48. The third-order valence-electron chi connectivity index (χ3n) is 3.29. The first kappa shape index (κ1) is 13.4. The Bertz CT molecular complexity index is 383. The Morgan fingerprint density at radius 1 is 1.39 bits per heavy atom. The van der Waals surface area contributed by atoms with Crippen molar-refractivity contribution >= 4 is 17.5 Å². The largest absolute Gasteiger partial charge is 0.337 e. The molecule has 98 valence electrons. The molecule has 0 aliphatic carbocycles. The molecule has 0 bridgehead atoms. The first-order valence-electron chi connectivity index (χ1n) is 6.41. The lowest BCUT2D eigenvalue weighted by atomic mass is 10.0. The molecule has 1 saturated heterocycles. The smallest absolute Gasteiger partial charge is 0.224 e. The number of alkyl halides is 1. The number of piperazine rings is 1. The highest BCUT2D eigenvalue weighted by atomic mass is 35.5. The molecule has 0 aromatic heterocycles. The molecular weight excluding hydrogens is 248 g/mol. The molecule has 3 nitrogen and oxygen atoms in total. The van der Waals surface area contributed by atoms with Crippen LogP contribution in [0.1, 0.15) is 12.0 Å². The molecule has 1 unspecified atom stereocenters. The van der Waals surface area contributed by atoms with Crippen molar-refractivity contribution in [1.29, 1.82) is 0 Å². The molecule has 1 aliphatic rings. The maximum absolute atomic E-state index is 12.0. The second-order valence-electron chi connectivity index (χ2n) is 4.57. The second-order valence-corrected chi connectivity index (χ2v) is 4.95. The number of hydrogen-bond acceptors (Lipinski definition) is 2. The van der Waals surface area contributed by atoms with E-state index in [1.165, 1.54) is 5.56 Å². The van der Waals surface area contributed by atoms with Crippen molar-refractivity contribution in [2.45, 2.75) is 18.9 Å². The van der Waals surface area contributed by atoms with Gasteiger partial charge in [0.2, 0.25) is 5.91 Å². The molecule has 18 heavy (non-hydrogen) atoms. The Morgan fingerprint density at radius 2 is 2.17 bits per heavy atom. The summed E-state index contributed by atoms with van der Waals surface area (Å²) in [6, 6.07) is 10.6. The minimum Gasteiger partial charge on any atom is -0.337 e. The number of hydrogen-bond donors (Lipinski definition) is 1. The molecule has 1 aromatic rings. The van der Waals surface area contributed by atoms with Crippen molar-refractivity contribution in [2.75, 3.05) is 25.5 Å². The molecule has 1 amide bonds. The third kappa shape index (κ3) is 3.47. The van der Waals surface area contributed by atoms with Crippen LogP contribution < -0.4 is 5.32 Å². The second kappa shape index (κ2) is 6.76. The molecule has 0 saturated carbocycles. The van der Waals surface area contributed by atoms with Crippen molar-refractivity contribution in [3.8, 4) is 0 Å². The van der Waals surface area contributed by atoms with Crippen LogP contribution >= 0.6 is 11.6 Å². The summed E-state index contributed by atoms with van der Waals surface area (Å²) in [6.07, 6.45) is 1.34. The van der Waals surface area contributed by atoms with E-state index in [4.69, 9.17) is 11.6 Å². The predicted molar refractivity (Wildman–Crippen MR) is 73.9 cm³/mol. The van der Waals surface area contributed by atoms with E-state index >= 15 is 0 Å². The van der Waals surface area contributed by atoms with E-state index < -0.39 is 0 Å². The van der Waals surface area contributed by atoms with Gasteiger partial charge in [0.15, 0.2) is 0 Å². The molecule has 0 radical (unpaired) electrons. The average molecular weight is 267 g/mol. The van der Waals surface area contributed by atoms with Gasteiger partial charge < -0.3 is 10.2 Å². The molecule has 1 N–H and O–H groups in total. The molecule has 4 heteroatoms. The zero-order valence-electron chi connectivity index (χ0n) is 10.4.